The summed E-state index contributed by atoms with van der Waals surface area (Å²) in [7, 11) is -26.6. The first-order chi connectivity index (χ1) is 38.3. The number of pyridine rings is 1. The number of allylic oxidation sites excluding steroid dienone is 6. The average Bonchev–Trinajstić information content (AvgIpc) is 1.74. The number of aromatic nitrogens is 3. The fraction of sp³-hybridized carbons (Fsp3) is 0.280. The van der Waals surface area contributed by atoms with E-state index in [1.807, 2.05) is 39.0 Å². The van der Waals surface area contributed by atoms with E-state index < -0.39 is 97.7 Å². The molecule has 442 valence electrons. The van der Waals surface area contributed by atoms with Crippen molar-refractivity contribution < 1.29 is 87.1 Å². The molecule has 0 aliphatic carbocycles. The van der Waals surface area contributed by atoms with Crippen LogP contribution in [0.25, 0.3) is 27.1 Å². The molecule has 0 fully saturated rings. The molecule has 4 heterocycles. The van der Waals surface area contributed by atoms with Crippen LogP contribution in [0.3, 0.4) is 0 Å². The number of amides is 1. The SMILES string of the molecule is CCC[N+]1=C(/C=C/C(=C/C=C2/N(CCS(=O)(=O)O)c3ccc4c(S(=O)(=O)O)cc(S(=O)(=O)O)cc4c3C2(C)C)c2ccc(C(=O)NCCC(=O)Cc3nnc(S(N)(=O)=O)s3)cn2)C(C)(C)c2c1ccc1ccc(S(=O)(=O)O)cc21.O=S(=O)=O. The van der Waals surface area contributed by atoms with Crippen molar-refractivity contribution >= 4 is 128 Å². The Hall–Kier alpha value is -6.89. The number of benzene rings is 4. The molecule has 0 spiro atoms. The molecule has 0 bridgehead atoms. The van der Waals surface area contributed by atoms with Crippen LogP contribution in [0, 0.1) is 0 Å². The molecule has 1 amide bonds. The van der Waals surface area contributed by atoms with Crippen LogP contribution in [0.15, 0.2) is 122 Å². The van der Waals surface area contributed by atoms with Crippen molar-refractivity contribution in [3.63, 3.8) is 0 Å². The molecule has 7 N–H and O–H groups in total. The van der Waals surface area contributed by atoms with Gasteiger partial charge >= 0.3 is 10.6 Å². The molecule has 0 saturated heterocycles. The standard InChI is InChI=1S/C50H51N7O16S6.O3S/c1-6-21-56-39-15-9-29-7-12-33(77(65,66)67)25-36(29)45(39)49(2,3)42(56)17-10-30(38-14-8-31(28-53-38)47(59)52-20-19-32(58)24-44-54-55-48(74-44)76(51,63)64)11-18-43-50(4,5)46-37-26-34(78(68,69)70)27-41(79(71,72)73)35(37)13-16-40(46)57(43)22-23-75(60,61)62;1-4(2)3/h7-18,25-28H,6,19-24H2,1-5H3,(H6-,51,52,59,60,61,62,63,64,65,66,67,68,69,70,71,72,73);/p+1. The number of anilines is 1. The number of primary sulfonamides is 1. The Kier molecular flexibility index (Phi) is 18.1. The van der Waals surface area contributed by atoms with Crippen LogP contribution in [0.4, 0.5) is 11.4 Å². The fourth-order valence-corrected chi connectivity index (χ4v) is 13.8. The first-order valence-corrected chi connectivity index (χ1v) is 33.6. The number of carbonyl (C=O) groups is 2. The zero-order valence-electron chi connectivity index (χ0n) is 44.3. The number of carbonyl (C=O) groups excluding carboxylic acids is 2. The van der Waals surface area contributed by atoms with Gasteiger partial charge in [-0.2, -0.15) is 38.2 Å². The number of hydrogen-bond acceptors (Lipinski definition) is 20. The van der Waals surface area contributed by atoms with Gasteiger partial charge in [0.25, 0.3) is 56.4 Å². The van der Waals surface area contributed by atoms with E-state index in [-0.39, 0.29) is 74.9 Å². The van der Waals surface area contributed by atoms with Gasteiger partial charge in [0.15, 0.2) is 5.71 Å². The summed E-state index contributed by atoms with van der Waals surface area (Å²) < 4.78 is 191. The molecule has 2 aliphatic rings. The zero-order valence-corrected chi connectivity index (χ0v) is 50.0. The Morgan fingerprint density at radius 2 is 1.43 bits per heavy atom. The molecule has 0 atom stereocenters. The summed E-state index contributed by atoms with van der Waals surface area (Å²) in [5.74, 6) is -1.77. The van der Waals surface area contributed by atoms with Gasteiger partial charge in [-0.1, -0.05) is 50.3 Å². The summed E-state index contributed by atoms with van der Waals surface area (Å²) in [6, 6.07) is 15.6. The van der Waals surface area contributed by atoms with Gasteiger partial charge in [-0.25, -0.2) is 13.6 Å². The molecule has 0 unspecified atom stereocenters. The molecule has 26 nitrogen and oxygen atoms in total. The molecule has 0 saturated carbocycles. The Morgan fingerprint density at radius 1 is 0.783 bits per heavy atom. The van der Waals surface area contributed by atoms with Gasteiger partial charge in [0, 0.05) is 77.6 Å². The number of rotatable bonds is 19. The molecule has 6 aromatic rings. The summed E-state index contributed by atoms with van der Waals surface area (Å²) in [5.41, 5.74) is 1.85. The minimum Gasteiger partial charge on any atom is -0.352 e. The highest BCUT2D eigenvalue weighted by molar-refractivity contribution is 7.91. The van der Waals surface area contributed by atoms with E-state index in [2.05, 4.69) is 25.1 Å². The van der Waals surface area contributed by atoms with E-state index in [1.54, 1.807) is 44.2 Å². The van der Waals surface area contributed by atoms with Crippen LogP contribution in [0.2, 0.25) is 0 Å². The Morgan fingerprint density at radius 3 is 2.01 bits per heavy atom. The number of sulfonamides is 1. The van der Waals surface area contributed by atoms with E-state index >= 15 is 0 Å². The van der Waals surface area contributed by atoms with Gasteiger partial charge in [0.1, 0.15) is 22.2 Å². The third kappa shape index (κ3) is 14.2. The van der Waals surface area contributed by atoms with Crippen molar-refractivity contribution in [3.05, 3.63) is 130 Å². The van der Waals surface area contributed by atoms with Gasteiger partial charge in [-0.05, 0) is 96.3 Å². The summed E-state index contributed by atoms with van der Waals surface area (Å²) >= 11 is 0.653. The molecule has 4 aromatic carbocycles. The first-order valence-electron chi connectivity index (χ1n) is 24.3. The largest absolute Gasteiger partial charge is 0.425 e. The lowest BCUT2D eigenvalue weighted by Crippen LogP contribution is -2.30. The second-order valence-corrected chi connectivity index (χ2v) is 28.9. The van der Waals surface area contributed by atoms with E-state index in [1.165, 1.54) is 41.4 Å². The summed E-state index contributed by atoms with van der Waals surface area (Å²) in [6.07, 6.45) is 8.44. The predicted octanol–water partition coefficient (Wildman–Crippen LogP) is 4.55. The van der Waals surface area contributed by atoms with Crippen LogP contribution in [0.5, 0.6) is 0 Å². The van der Waals surface area contributed by atoms with Crippen LogP contribution < -0.4 is 15.4 Å². The number of nitrogens with one attached hydrogen (secondary N) is 1. The van der Waals surface area contributed by atoms with Gasteiger partial charge in [0.05, 0.1) is 38.6 Å². The highest BCUT2D eigenvalue weighted by Gasteiger charge is 2.46. The molecule has 83 heavy (non-hydrogen) atoms. The van der Waals surface area contributed by atoms with Gasteiger partial charge in [-0.3, -0.25) is 32.8 Å². The number of nitrogens with zero attached hydrogens (tertiary/aromatic N) is 5. The van der Waals surface area contributed by atoms with E-state index in [4.69, 9.17) is 17.8 Å². The Bertz CT molecular complexity index is 4530. The molecule has 2 aromatic heterocycles. The van der Waals surface area contributed by atoms with Crippen molar-refractivity contribution in [2.24, 2.45) is 5.14 Å². The number of ketones is 1. The quantitative estimate of drug-likeness (QED) is 0.0368. The third-order valence-electron chi connectivity index (χ3n) is 13.5. The van der Waals surface area contributed by atoms with Crippen LogP contribution in [-0.4, -0.2) is 135 Å². The summed E-state index contributed by atoms with van der Waals surface area (Å²) in [4.78, 5) is 30.3. The van der Waals surface area contributed by atoms with E-state index in [9.17, 15) is 69.9 Å². The van der Waals surface area contributed by atoms with Crippen LogP contribution in [0.1, 0.15) is 79.6 Å². The molecule has 0 radical (unpaired) electrons. The topological polar surface area (TPSA) is 420 Å². The first kappa shape index (κ1) is 63.7. The number of nitrogens with two attached hydrogens (primary N) is 1. The van der Waals surface area contributed by atoms with Gasteiger partial charge in [-0.15, -0.1) is 22.8 Å². The molecule has 8 rings (SSSR count). The number of hydrogen-bond donors (Lipinski definition) is 6. The van der Waals surface area contributed by atoms with Crippen molar-refractivity contribution in [2.75, 3.05) is 30.3 Å². The average molecular weight is 1280 g/mol. The second-order valence-electron chi connectivity index (χ2n) is 19.8. The number of fused-ring (bicyclic) bond motifs is 6. The molecule has 2 aliphatic heterocycles. The lowest BCUT2D eigenvalue weighted by atomic mass is 9.79. The minimum absolute atomic E-state index is 0.0308. The lowest BCUT2D eigenvalue weighted by Gasteiger charge is -2.27. The summed E-state index contributed by atoms with van der Waals surface area (Å²) in [6.45, 7) is 9.32. The van der Waals surface area contributed by atoms with E-state index in [0.29, 0.717) is 47.0 Å². The van der Waals surface area contributed by atoms with Crippen LogP contribution in [-0.2, 0) is 83.1 Å². The van der Waals surface area contributed by atoms with Gasteiger partial charge in [0.2, 0.25) is 10.0 Å². The highest BCUT2D eigenvalue weighted by atomic mass is 32.3. The minimum atomic E-state index is -5.11. The second kappa shape index (κ2) is 23.6. The monoisotopic (exact) mass is 1280 g/mol. The smallest absolute Gasteiger partial charge is 0.352 e. The third-order valence-corrected chi connectivity index (χ3v) is 19.0. The summed E-state index contributed by atoms with van der Waals surface area (Å²) in [5, 5.41) is 16.2. The molecular weight excluding hydrogens is 1230 g/mol. The zero-order chi connectivity index (χ0) is 61.6. The Labute approximate surface area is 482 Å². The molecular formula is C50H52N7O19S7+. The normalized spacial score (nSPS) is 15.9. The van der Waals surface area contributed by atoms with Crippen molar-refractivity contribution in [1.29, 1.82) is 0 Å². The maximum Gasteiger partial charge on any atom is 0.425 e. The Balaban J connectivity index is 0.00000240. The van der Waals surface area contributed by atoms with Crippen LogP contribution >= 0.6 is 11.3 Å². The van der Waals surface area contributed by atoms with Crippen molar-refractivity contribution in [1.82, 2.24) is 20.5 Å². The predicted molar refractivity (Wildman–Crippen MR) is 303 cm³/mol. The number of Topliss-reactive ketones (excluding diaryl/α,β-unsaturated/α-hetero) is 1. The fourth-order valence-electron chi connectivity index (χ4n) is 10.00. The molecule has 33 heteroatoms. The van der Waals surface area contributed by atoms with E-state index in [0.717, 1.165) is 28.4 Å². The van der Waals surface area contributed by atoms with Crippen molar-refractivity contribution in [3.8, 4) is 0 Å². The maximum atomic E-state index is 13.4. The lowest BCUT2D eigenvalue weighted by molar-refractivity contribution is -0.437. The van der Waals surface area contributed by atoms with Crippen molar-refractivity contribution in [2.45, 2.75) is 83.7 Å². The van der Waals surface area contributed by atoms with Gasteiger partial charge < -0.3 is 10.2 Å². The highest BCUT2D eigenvalue weighted by Crippen LogP contribution is 2.52. The maximum absolute atomic E-state index is 13.4.